The molecular formula is C19H17NO6. The summed E-state index contributed by atoms with van der Waals surface area (Å²) in [5.41, 5.74) is 2.54. The van der Waals surface area contributed by atoms with Crippen LogP contribution in [0.2, 0.25) is 0 Å². The predicted molar refractivity (Wildman–Crippen MR) is 92.7 cm³/mol. The third-order valence-corrected chi connectivity index (χ3v) is 4.37. The van der Waals surface area contributed by atoms with Gasteiger partial charge in [0.2, 0.25) is 0 Å². The lowest BCUT2D eigenvalue weighted by molar-refractivity contribution is -0.384. The van der Waals surface area contributed by atoms with Crippen molar-refractivity contribution in [1.29, 1.82) is 0 Å². The fourth-order valence-corrected chi connectivity index (χ4v) is 3.01. The van der Waals surface area contributed by atoms with Crippen molar-refractivity contribution in [2.24, 2.45) is 0 Å². The zero-order valence-corrected chi connectivity index (χ0v) is 14.2. The number of ether oxygens (including phenoxy) is 2. The maximum Gasteiger partial charge on any atom is 0.342 e. The molecule has 26 heavy (non-hydrogen) atoms. The minimum Gasteiger partial charge on any atom is -0.496 e. The van der Waals surface area contributed by atoms with Crippen LogP contribution >= 0.6 is 0 Å². The molecule has 0 saturated heterocycles. The lowest BCUT2D eigenvalue weighted by Gasteiger charge is -2.09. The Morgan fingerprint density at radius 1 is 1.12 bits per heavy atom. The number of methoxy groups -OCH3 is 1. The van der Waals surface area contributed by atoms with Gasteiger partial charge in [0.25, 0.3) is 5.69 Å². The first-order valence-corrected chi connectivity index (χ1v) is 8.14. The average Bonchev–Trinajstić information content (AvgIpc) is 3.12. The van der Waals surface area contributed by atoms with Crippen molar-refractivity contribution >= 4 is 17.4 Å². The monoisotopic (exact) mass is 355 g/mol. The first-order chi connectivity index (χ1) is 12.5. The largest absolute Gasteiger partial charge is 0.496 e. The quantitative estimate of drug-likeness (QED) is 0.342. The number of carbonyl (C=O) groups is 2. The first-order valence-electron chi connectivity index (χ1n) is 8.14. The number of Topliss-reactive ketones (excluding diaryl/α,β-unsaturated/α-hetero) is 1. The van der Waals surface area contributed by atoms with Crippen LogP contribution in [0, 0.1) is 10.1 Å². The van der Waals surface area contributed by atoms with Crippen LogP contribution in [-0.2, 0) is 17.6 Å². The van der Waals surface area contributed by atoms with Crippen LogP contribution in [-0.4, -0.2) is 30.4 Å². The Morgan fingerprint density at radius 2 is 1.88 bits per heavy atom. The SMILES string of the molecule is COc1ccc([N+](=O)[O-])cc1C(=O)OCC(=O)c1ccc2c(c1)CCC2. The summed E-state index contributed by atoms with van der Waals surface area (Å²) in [5, 5.41) is 10.9. The standard InChI is InChI=1S/C19H17NO6/c1-25-18-8-7-15(20(23)24)10-16(18)19(22)26-11-17(21)14-6-5-12-3-2-4-13(12)9-14/h5-10H,2-4,11H2,1H3. The van der Waals surface area contributed by atoms with Gasteiger partial charge in [-0.05, 0) is 42.5 Å². The molecule has 0 bridgehead atoms. The third kappa shape index (κ3) is 3.56. The molecule has 0 radical (unpaired) electrons. The molecule has 0 heterocycles. The number of esters is 1. The fourth-order valence-electron chi connectivity index (χ4n) is 3.01. The van der Waals surface area contributed by atoms with Gasteiger partial charge in [-0.15, -0.1) is 0 Å². The molecular weight excluding hydrogens is 338 g/mol. The van der Waals surface area contributed by atoms with Gasteiger partial charge < -0.3 is 9.47 Å². The number of nitro groups is 1. The number of hydrogen-bond donors (Lipinski definition) is 0. The van der Waals surface area contributed by atoms with Crippen LogP contribution in [0.4, 0.5) is 5.69 Å². The molecule has 7 heteroatoms. The van der Waals surface area contributed by atoms with E-state index >= 15 is 0 Å². The Balaban J connectivity index is 1.71. The van der Waals surface area contributed by atoms with Crippen molar-refractivity contribution in [1.82, 2.24) is 0 Å². The van der Waals surface area contributed by atoms with Crippen LogP contribution in [0.5, 0.6) is 5.75 Å². The summed E-state index contributed by atoms with van der Waals surface area (Å²) in [4.78, 5) is 34.8. The second kappa shape index (κ2) is 7.35. The van der Waals surface area contributed by atoms with Gasteiger partial charge in [0.15, 0.2) is 12.4 Å². The van der Waals surface area contributed by atoms with Crippen molar-refractivity contribution in [2.45, 2.75) is 19.3 Å². The summed E-state index contributed by atoms with van der Waals surface area (Å²) in [6.45, 7) is -0.441. The normalized spacial score (nSPS) is 12.3. The molecule has 1 aliphatic rings. The highest BCUT2D eigenvalue weighted by molar-refractivity contribution is 6.00. The van der Waals surface area contributed by atoms with Gasteiger partial charge in [0.05, 0.1) is 12.0 Å². The van der Waals surface area contributed by atoms with Crippen molar-refractivity contribution in [2.75, 3.05) is 13.7 Å². The number of rotatable bonds is 6. The average molecular weight is 355 g/mol. The lowest BCUT2D eigenvalue weighted by Crippen LogP contribution is -2.15. The molecule has 2 aromatic rings. The first kappa shape index (κ1) is 17.6. The summed E-state index contributed by atoms with van der Waals surface area (Å²) in [6.07, 6.45) is 3.04. The van der Waals surface area contributed by atoms with E-state index in [1.807, 2.05) is 12.1 Å². The minimum atomic E-state index is -0.847. The van der Waals surface area contributed by atoms with Crippen molar-refractivity contribution in [3.05, 3.63) is 68.8 Å². The van der Waals surface area contributed by atoms with E-state index in [0.717, 1.165) is 30.9 Å². The van der Waals surface area contributed by atoms with Crippen molar-refractivity contribution in [3.63, 3.8) is 0 Å². The van der Waals surface area contributed by atoms with Crippen LogP contribution in [0.15, 0.2) is 36.4 Å². The Kier molecular flexibility index (Phi) is 4.97. The third-order valence-electron chi connectivity index (χ3n) is 4.37. The summed E-state index contributed by atoms with van der Waals surface area (Å²) >= 11 is 0. The van der Waals surface area contributed by atoms with Crippen LogP contribution in [0.1, 0.15) is 38.3 Å². The second-order valence-electron chi connectivity index (χ2n) is 5.98. The summed E-state index contributed by atoms with van der Waals surface area (Å²) in [6, 6.07) is 9.12. The van der Waals surface area contributed by atoms with E-state index in [1.165, 1.54) is 24.8 Å². The number of carbonyl (C=O) groups excluding carboxylic acids is 2. The van der Waals surface area contributed by atoms with E-state index in [-0.39, 0.29) is 22.8 Å². The maximum atomic E-state index is 12.3. The molecule has 0 unspecified atom stereocenters. The van der Waals surface area contributed by atoms with Crippen molar-refractivity contribution < 1.29 is 24.0 Å². The van der Waals surface area contributed by atoms with Gasteiger partial charge >= 0.3 is 5.97 Å². The van der Waals surface area contributed by atoms with E-state index in [1.54, 1.807) is 6.07 Å². The van der Waals surface area contributed by atoms with Crippen molar-refractivity contribution in [3.8, 4) is 5.75 Å². The van der Waals surface area contributed by atoms with E-state index in [4.69, 9.17) is 9.47 Å². The van der Waals surface area contributed by atoms with Gasteiger partial charge in [-0.25, -0.2) is 4.79 Å². The van der Waals surface area contributed by atoms with E-state index in [9.17, 15) is 19.7 Å². The smallest absolute Gasteiger partial charge is 0.342 e. The van der Waals surface area contributed by atoms with Crippen LogP contribution in [0.3, 0.4) is 0 Å². The van der Waals surface area contributed by atoms with Crippen LogP contribution in [0.25, 0.3) is 0 Å². The molecule has 0 spiro atoms. The number of ketones is 1. The molecule has 3 rings (SSSR count). The predicted octanol–water partition coefficient (Wildman–Crippen LogP) is 3.13. The summed E-state index contributed by atoms with van der Waals surface area (Å²) < 4.78 is 10.1. The van der Waals surface area contributed by atoms with Gasteiger partial charge in [0.1, 0.15) is 11.3 Å². The van der Waals surface area contributed by atoms with Gasteiger partial charge in [-0.1, -0.05) is 12.1 Å². The highest BCUT2D eigenvalue weighted by Gasteiger charge is 2.20. The Labute approximate surface area is 149 Å². The number of benzene rings is 2. The van der Waals surface area contributed by atoms with E-state index < -0.39 is 17.5 Å². The Bertz CT molecular complexity index is 890. The summed E-state index contributed by atoms with van der Waals surface area (Å²) in [5.74, 6) is -1.02. The molecule has 0 aliphatic heterocycles. The van der Waals surface area contributed by atoms with Gasteiger partial charge in [-0.2, -0.15) is 0 Å². The minimum absolute atomic E-state index is 0.0940. The maximum absolute atomic E-state index is 12.3. The molecule has 7 nitrogen and oxygen atoms in total. The molecule has 0 amide bonds. The lowest BCUT2D eigenvalue weighted by atomic mass is 10.0. The van der Waals surface area contributed by atoms with Crippen LogP contribution < -0.4 is 4.74 Å². The molecule has 0 atom stereocenters. The van der Waals surface area contributed by atoms with E-state index in [2.05, 4.69) is 0 Å². The molecule has 1 aliphatic carbocycles. The number of nitro benzene ring substituents is 1. The molecule has 0 saturated carbocycles. The molecule has 134 valence electrons. The number of hydrogen-bond acceptors (Lipinski definition) is 6. The summed E-state index contributed by atoms with van der Waals surface area (Å²) in [7, 11) is 1.34. The Morgan fingerprint density at radius 3 is 2.62 bits per heavy atom. The second-order valence-corrected chi connectivity index (χ2v) is 5.98. The molecule has 2 aromatic carbocycles. The highest BCUT2D eigenvalue weighted by atomic mass is 16.6. The van der Waals surface area contributed by atoms with E-state index in [0.29, 0.717) is 5.56 Å². The molecule has 0 N–H and O–H groups in total. The number of nitrogens with zero attached hydrogens (tertiary/aromatic N) is 1. The Hall–Kier alpha value is -3.22. The topological polar surface area (TPSA) is 95.7 Å². The number of non-ortho nitro benzene ring substituents is 1. The van der Waals surface area contributed by atoms with Gasteiger partial charge in [-0.3, -0.25) is 14.9 Å². The number of fused-ring (bicyclic) bond motifs is 1. The number of aryl methyl sites for hydroxylation is 2. The molecule has 0 aromatic heterocycles. The fraction of sp³-hybridized carbons (Fsp3) is 0.263. The van der Waals surface area contributed by atoms with Gasteiger partial charge in [0, 0.05) is 17.7 Å². The zero-order chi connectivity index (χ0) is 18.7. The molecule has 0 fully saturated rings. The highest BCUT2D eigenvalue weighted by Crippen LogP contribution is 2.25. The zero-order valence-electron chi connectivity index (χ0n) is 14.2.